The van der Waals surface area contributed by atoms with Gasteiger partial charge in [0.1, 0.15) is 5.82 Å². The molecule has 1 aromatic heterocycles. The van der Waals surface area contributed by atoms with Crippen molar-refractivity contribution < 1.29 is 4.79 Å². The van der Waals surface area contributed by atoms with Gasteiger partial charge in [0.2, 0.25) is 0 Å². The molecule has 19 heavy (non-hydrogen) atoms. The predicted molar refractivity (Wildman–Crippen MR) is 79.8 cm³/mol. The van der Waals surface area contributed by atoms with Crippen molar-refractivity contribution in [1.82, 2.24) is 9.88 Å². The molecule has 0 atom stereocenters. The maximum Gasteiger partial charge on any atom is 0.255 e. The second kappa shape index (κ2) is 7.34. The summed E-state index contributed by atoms with van der Waals surface area (Å²) < 4.78 is 0. The normalized spacial score (nSPS) is 10.6. The van der Waals surface area contributed by atoms with E-state index in [9.17, 15) is 4.79 Å². The molecule has 106 valence electrons. The third-order valence-electron chi connectivity index (χ3n) is 2.69. The van der Waals surface area contributed by atoms with Gasteiger partial charge in [-0.2, -0.15) is 0 Å². The third-order valence-corrected chi connectivity index (χ3v) is 2.97. The molecule has 1 N–H and O–H groups in total. The van der Waals surface area contributed by atoms with Crippen LogP contribution in [0.2, 0.25) is 5.02 Å². The van der Waals surface area contributed by atoms with E-state index < -0.39 is 0 Å². The Bertz CT molecular complexity index is 435. The highest BCUT2D eigenvalue weighted by Gasteiger charge is 2.16. The Balaban J connectivity index is 2.89. The maximum absolute atomic E-state index is 12.3. The van der Waals surface area contributed by atoms with Crippen molar-refractivity contribution in [2.24, 2.45) is 5.92 Å². The highest BCUT2D eigenvalue weighted by atomic mass is 35.5. The number of hydrogen-bond donors (Lipinski definition) is 1. The molecule has 0 aromatic carbocycles. The minimum Gasteiger partial charge on any atom is -0.369 e. The van der Waals surface area contributed by atoms with Crippen molar-refractivity contribution in [2.75, 3.05) is 25.0 Å². The molecule has 0 aliphatic rings. The van der Waals surface area contributed by atoms with Crippen molar-refractivity contribution in [2.45, 2.75) is 27.7 Å². The fourth-order valence-corrected chi connectivity index (χ4v) is 2.06. The number of anilines is 1. The largest absolute Gasteiger partial charge is 0.369 e. The van der Waals surface area contributed by atoms with Crippen LogP contribution in [0.4, 0.5) is 5.82 Å². The van der Waals surface area contributed by atoms with Gasteiger partial charge in [-0.05, 0) is 25.8 Å². The number of carbonyl (C=O) groups excluding carboxylic acids is 1. The van der Waals surface area contributed by atoms with Crippen molar-refractivity contribution in [3.05, 3.63) is 22.8 Å². The number of rotatable bonds is 6. The van der Waals surface area contributed by atoms with Crippen molar-refractivity contribution >= 4 is 23.3 Å². The molecule has 1 heterocycles. The van der Waals surface area contributed by atoms with Gasteiger partial charge in [0, 0.05) is 25.8 Å². The van der Waals surface area contributed by atoms with E-state index >= 15 is 0 Å². The first-order valence-corrected chi connectivity index (χ1v) is 7.06. The van der Waals surface area contributed by atoms with Gasteiger partial charge in [-0.15, -0.1) is 0 Å². The number of hydrogen-bond acceptors (Lipinski definition) is 3. The lowest BCUT2D eigenvalue weighted by molar-refractivity contribution is 0.0745. The standard InChI is InChI=1S/C14H22ClN3O/c1-5-16-13-12(15)7-11(8-17-13)14(19)18(6-2)9-10(3)4/h7-8,10H,5-6,9H2,1-4H3,(H,16,17). The van der Waals surface area contributed by atoms with E-state index in [1.165, 1.54) is 0 Å². The molecule has 0 saturated heterocycles. The van der Waals surface area contributed by atoms with Gasteiger partial charge >= 0.3 is 0 Å². The van der Waals surface area contributed by atoms with E-state index in [4.69, 9.17) is 11.6 Å². The van der Waals surface area contributed by atoms with E-state index in [0.29, 0.717) is 28.9 Å². The van der Waals surface area contributed by atoms with Crippen LogP contribution in [0.5, 0.6) is 0 Å². The van der Waals surface area contributed by atoms with Crippen LogP contribution in [-0.2, 0) is 0 Å². The average molecular weight is 284 g/mol. The van der Waals surface area contributed by atoms with Gasteiger partial charge in [-0.3, -0.25) is 4.79 Å². The quantitative estimate of drug-likeness (QED) is 0.871. The first-order valence-electron chi connectivity index (χ1n) is 6.68. The monoisotopic (exact) mass is 283 g/mol. The van der Waals surface area contributed by atoms with Gasteiger partial charge in [0.25, 0.3) is 5.91 Å². The molecule has 0 aliphatic heterocycles. The number of nitrogens with one attached hydrogen (secondary N) is 1. The molecule has 5 heteroatoms. The molecule has 1 amide bonds. The van der Waals surface area contributed by atoms with Gasteiger partial charge in [-0.25, -0.2) is 4.98 Å². The minimum absolute atomic E-state index is 0.0198. The average Bonchev–Trinajstić information content (AvgIpc) is 2.37. The summed E-state index contributed by atoms with van der Waals surface area (Å²) in [5.74, 6) is 1.04. The summed E-state index contributed by atoms with van der Waals surface area (Å²) in [6.07, 6.45) is 1.58. The Morgan fingerprint density at radius 2 is 2.16 bits per heavy atom. The Labute approximate surface area is 120 Å². The molecule has 1 rings (SSSR count). The van der Waals surface area contributed by atoms with Gasteiger partial charge in [0.05, 0.1) is 10.6 Å². The molecule has 1 aromatic rings. The molecule has 0 radical (unpaired) electrons. The van der Waals surface area contributed by atoms with Crippen LogP contribution in [-0.4, -0.2) is 35.4 Å². The smallest absolute Gasteiger partial charge is 0.255 e. The lowest BCUT2D eigenvalue weighted by Crippen LogP contribution is -2.34. The SMILES string of the molecule is CCNc1ncc(C(=O)N(CC)CC(C)C)cc1Cl. The Morgan fingerprint density at radius 1 is 1.47 bits per heavy atom. The number of aromatic nitrogens is 1. The highest BCUT2D eigenvalue weighted by Crippen LogP contribution is 2.20. The van der Waals surface area contributed by atoms with Gasteiger partial charge < -0.3 is 10.2 Å². The van der Waals surface area contributed by atoms with Crippen LogP contribution >= 0.6 is 11.6 Å². The number of halogens is 1. The van der Waals surface area contributed by atoms with Gasteiger partial charge in [0.15, 0.2) is 0 Å². The minimum atomic E-state index is -0.0198. The van der Waals surface area contributed by atoms with Crippen LogP contribution in [0.25, 0.3) is 0 Å². The number of nitrogens with zero attached hydrogens (tertiary/aromatic N) is 2. The zero-order valence-corrected chi connectivity index (χ0v) is 12.8. The molecule has 0 spiro atoms. The van der Waals surface area contributed by atoms with E-state index in [1.54, 1.807) is 12.3 Å². The second-order valence-electron chi connectivity index (χ2n) is 4.82. The van der Waals surface area contributed by atoms with Crippen molar-refractivity contribution in [3.63, 3.8) is 0 Å². The summed E-state index contributed by atoms with van der Waals surface area (Å²) in [6, 6.07) is 1.68. The lowest BCUT2D eigenvalue weighted by Gasteiger charge is -2.23. The van der Waals surface area contributed by atoms with Crippen molar-refractivity contribution in [1.29, 1.82) is 0 Å². The summed E-state index contributed by atoms with van der Waals surface area (Å²) in [7, 11) is 0. The fourth-order valence-electron chi connectivity index (χ4n) is 1.83. The zero-order valence-electron chi connectivity index (χ0n) is 12.0. The molecule has 4 nitrogen and oxygen atoms in total. The van der Waals surface area contributed by atoms with E-state index in [0.717, 1.165) is 13.1 Å². The maximum atomic E-state index is 12.3. The zero-order chi connectivity index (χ0) is 14.4. The number of carbonyl (C=O) groups is 1. The Hall–Kier alpha value is -1.29. The van der Waals surface area contributed by atoms with Crippen LogP contribution in [0.3, 0.4) is 0 Å². The summed E-state index contributed by atoms with van der Waals surface area (Å²) in [4.78, 5) is 18.3. The number of pyridine rings is 1. The van der Waals surface area contributed by atoms with E-state index in [2.05, 4.69) is 24.1 Å². The van der Waals surface area contributed by atoms with Crippen LogP contribution in [0.15, 0.2) is 12.3 Å². The van der Waals surface area contributed by atoms with Crippen LogP contribution in [0.1, 0.15) is 38.1 Å². The fraction of sp³-hybridized carbons (Fsp3) is 0.571. The van der Waals surface area contributed by atoms with E-state index in [1.807, 2.05) is 18.7 Å². The molecule has 0 fully saturated rings. The third kappa shape index (κ3) is 4.39. The van der Waals surface area contributed by atoms with E-state index in [-0.39, 0.29) is 5.91 Å². The van der Waals surface area contributed by atoms with Crippen LogP contribution < -0.4 is 5.32 Å². The first kappa shape index (κ1) is 15.8. The summed E-state index contributed by atoms with van der Waals surface area (Å²) >= 11 is 6.11. The summed E-state index contributed by atoms with van der Waals surface area (Å²) in [5.41, 5.74) is 0.536. The topological polar surface area (TPSA) is 45.2 Å². The molecular formula is C14H22ClN3O. The van der Waals surface area contributed by atoms with Gasteiger partial charge in [-0.1, -0.05) is 25.4 Å². The Kier molecular flexibility index (Phi) is 6.09. The molecule has 0 unspecified atom stereocenters. The predicted octanol–water partition coefficient (Wildman–Crippen LogP) is 3.28. The molecule has 0 aliphatic carbocycles. The second-order valence-corrected chi connectivity index (χ2v) is 5.23. The number of amides is 1. The van der Waals surface area contributed by atoms with Crippen LogP contribution in [0, 0.1) is 5.92 Å². The Morgan fingerprint density at radius 3 is 2.63 bits per heavy atom. The summed E-state index contributed by atoms with van der Waals surface area (Å²) in [5, 5.41) is 3.53. The summed E-state index contributed by atoms with van der Waals surface area (Å²) in [6.45, 7) is 10.3. The molecular weight excluding hydrogens is 262 g/mol. The molecule has 0 bridgehead atoms. The lowest BCUT2D eigenvalue weighted by atomic mass is 10.2. The molecule has 0 saturated carbocycles. The highest BCUT2D eigenvalue weighted by molar-refractivity contribution is 6.33. The van der Waals surface area contributed by atoms with Crippen molar-refractivity contribution in [3.8, 4) is 0 Å². The first-order chi connectivity index (χ1) is 8.99.